The summed E-state index contributed by atoms with van der Waals surface area (Å²) < 4.78 is 0. The van der Waals surface area contributed by atoms with E-state index in [1.165, 1.54) is 16.7 Å². The third kappa shape index (κ3) is 1.82. The minimum Gasteiger partial charge on any atom is -0.295 e. The molecule has 1 aromatic rings. The fourth-order valence-electron chi connectivity index (χ4n) is 2.61. The molecule has 0 fully saturated rings. The largest absolute Gasteiger partial charge is 0.295 e. The Balaban J connectivity index is 0.000000457. The van der Waals surface area contributed by atoms with E-state index in [1.54, 1.807) is 0 Å². The number of allylic oxidation sites excluding steroid dienone is 2. The van der Waals surface area contributed by atoms with Gasteiger partial charge in [-0.05, 0) is 41.5 Å². The molecule has 0 amide bonds. The third-order valence-electron chi connectivity index (χ3n) is 3.29. The van der Waals surface area contributed by atoms with Crippen LogP contribution in [0.4, 0.5) is 0 Å². The summed E-state index contributed by atoms with van der Waals surface area (Å²) in [6, 6.07) is 8.46. The molecule has 1 heteroatoms. The lowest BCUT2D eigenvalue weighted by Crippen LogP contribution is -2.10. The first-order chi connectivity index (χ1) is 7.84. The molecule has 2 aliphatic rings. The number of carbonyl (C=O) groups excluding carboxylic acids is 1. The molecular weight excluding hydrogens is 196 g/mol. The lowest BCUT2D eigenvalue weighted by Gasteiger charge is -2.23. The molecule has 2 aliphatic carbocycles. The fourth-order valence-corrected chi connectivity index (χ4v) is 2.61. The van der Waals surface area contributed by atoms with E-state index in [9.17, 15) is 4.79 Å². The minimum absolute atomic E-state index is 0.307. The Labute approximate surface area is 97.2 Å². The lowest BCUT2D eigenvalue weighted by molar-refractivity contribution is -0.114. The zero-order valence-corrected chi connectivity index (χ0v) is 9.99. The zero-order valence-electron chi connectivity index (χ0n) is 9.99. The molecule has 0 N–H and O–H groups in total. The van der Waals surface area contributed by atoms with Crippen molar-refractivity contribution in [2.75, 3.05) is 0 Å². The van der Waals surface area contributed by atoms with E-state index in [-0.39, 0.29) is 0 Å². The van der Waals surface area contributed by atoms with Crippen LogP contribution in [0.3, 0.4) is 0 Å². The van der Waals surface area contributed by atoms with Crippen LogP contribution in [0.1, 0.15) is 37.8 Å². The number of hydrogen-bond donors (Lipinski definition) is 0. The molecule has 3 rings (SSSR count). The second kappa shape index (κ2) is 4.65. The molecule has 0 heterocycles. The van der Waals surface area contributed by atoms with Crippen LogP contribution < -0.4 is 0 Å². The van der Waals surface area contributed by atoms with Gasteiger partial charge in [-0.15, -0.1) is 0 Å². The number of aryl methyl sites for hydroxylation is 1. The van der Waals surface area contributed by atoms with Crippen LogP contribution >= 0.6 is 0 Å². The summed E-state index contributed by atoms with van der Waals surface area (Å²) in [7, 11) is 0. The van der Waals surface area contributed by atoms with Gasteiger partial charge >= 0.3 is 0 Å². The molecule has 0 spiro atoms. The van der Waals surface area contributed by atoms with Crippen molar-refractivity contribution in [1.82, 2.24) is 0 Å². The third-order valence-corrected chi connectivity index (χ3v) is 3.29. The first-order valence-electron chi connectivity index (χ1n) is 6.17. The maximum atomic E-state index is 11.3. The van der Waals surface area contributed by atoms with Crippen molar-refractivity contribution < 1.29 is 4.79 Å². The van der Waals surface area contributed by atoms with Crippen molar-refractivity contribution in [3.63, 3.8) is 0 Å². The summed E-state index contributed by atoms with van der Waals surface area (Å²) in [5.74, 6) is 0.819. The van der Waals surface area contributed by atoms with Gasteiger partial charge in [-0.25, -0.2) is 0 Å². The van der Waals surface area contributed by atoms with Crippen molar-refractivity contribution in [1.29, 1.82) is 0 Å². The Morgan fingerprint density at radius 3 is 2.75 bits per heavy atom. The Morgan fingerprint density at radius 1 is 1.19 bits per heavy atom. The number of carbonyl (C=O) groups is 1. The summed E-state index contributed by atoms with van der Waals surface area (Å²) in [6.45, 7) is 4.00. The molecule has 1 aromatic carbocycles. The first-order valence-corrected chi connectivity index (χ1v) is 6.17. The summed E-state index contributed by atoms with van der Waals surface area (Å²) in [4.78, 5) is 11.3. The highest BCUT2D eigenvalue weighted by Crippen LogP contribution is 2.40. The zero-order chi connectivity index (χ0) is 11.5. The standard InChI is InChI=1S/C13H12O.C2H6/c14-11-7-10-6-5-9-3-1-2-4-12(9)13(10)8-11;1-2/h1-4,8,10H,5-7H2;1-2H3. The van der Waals surface area contributed by atoms with E-state index in [4.69, 9.17) is 0 Å². The molecular formula is C15H18O. The maximum Gasteiger partial charge on any atom is 0.156 e. The van der Waals surface area contributed by atoms with Crippen LogP contribution in [0.5, 0.6) is 0 Å². The topological polar surface area (TPSA) is 17.1 Å². The number of fused-ring (bicyclic) bond motifs is 3. The van der Waals surface area contributed by atoms with Crippen molar-refractivity contribution in [3.05, 3.63) is 41.5 Å². The molecule has 1 unspecified atom stereocenters. The number of rotatable bonds is 0. The molecule has 1 atom stereocenters. The molecule has 0 aliphatic heterocycles. The Hall–Kier alpha value is -1.37. The highest BCUT2D eigenvalue weighted by atomic mass is 16.1. The van der Waals surface area contributed by atoms with Crippen LogP contribution in [0.15, 0.2) is 30.3 Å². The molecule has 0 bridgehead atoms. The van der Waals surface area contributed by atoms with Gasteiger partial charge in [-0.2, -0.15) is 0 Å². The highest BCUT2D eigenvalue weighted by molar-refractivity contribution is 6.03. The quantitative estimate of drug-likeness (QED) is 0.644. The molecule has 0 saturated heterocycles. The van der Waals surface area contributed by atoms with Gasteiger partial charge < -0.3 is 0 Å². The molecule has 0 aromatic heterocycles. The SMILES string of the molecule is CC.O=C1C=C2c3ccccc3CCC2C1. The number of hydrogen-bond acceptors (Lipinski definition) is 1. The molecule has 84 valence electrons. The molecule has 16 heavy (non-hydrogen) atoms. The normalized spacial score (nSPS) is 21.5. The summed E-state index contributed by atoms with van der Waals surface area (Å²) in [5, 5.41) is 0. The van der Waals surface area contributed by atoms with Gasteiger partial charge in [0.15, 0.2) is 5.78 Å². The van der Waals surface area contributed by atoms with Gasteiger partial charge in [0, 0.05) is 6.42 Å². The molecule has 0 radical (unpaired) electrons. The Bertz CT molecular complexity index is 429. The monoisotopic (exact) mass is 214 g/mol. The Morgan fingerprint density at radius 2 is 1.94 bits per heavy atom. The maximum absolute atomic E-state index is 11.3. The minimum atomic E-state index is 0.307. The van der Waals surface area contributed by atoms with Crippen molar-refractivity contribution >= 4 is 11.4 Å². The highest BCUT2D eigenvalue weighted by Gasteiger charge is 2.29. The Kier molecular flexibility index (Phi) is 3.23. The lowest BCUT2D eigenvalue weighted by atomic mass is 9.81. The smallest absolute Gasteiger partial charge is 0.156 e. The van der Waals surface area contributed by atoms with Crippen LogP contribution in [-0.4, -0.2) is 5.78 Å². The summed E-state index contributed by atoms with van der Waals surface area (Å²) in [6.07, 6.45) is 4.87. The van der Waals surface area contributed by atoms with Crippen molar-refractivity contribution in [3.8, 4) is 0 Å². The summed E-state index contributed by atoms with van der Waals surface area (Å²) >= 11 is 0. The summed E-state index contributed by atoms with van der Waals surface area (Å²) in [5.41, 5.74) is 4.01. The van der Waals surface area contributed by atoms with Crippen LogP contribution in [0.2, 0.25) is 0 Å². The predicted octanol–water partition coefficient (Wildman–Crippen LogP) is 3.63. The fraction of sp³-hybridized carbons (Fsp3) is 0.400. The van der Waals surface area contributed by atoms with Crippen LogP contribution in [-0.2, 0) is 11.2 Å². The van der Waals surface area contributed by atoms with E-state index >= 15 is 0 Å². The van der Waals surface area contributed by atoms with Gasteiger partial charge in [0.25, 0.3) is 0 Å². The van der Waals surface area contributed by atoms with Crippen molar-refractivity contribution in [2.45, 2.75) is 33.1 Å². The second-order valence-corrected chi connectivity index (χ2v) is 4.16. The molecule has 0 saturated carbocycles. The van der Waals surface area contributed by atoms with Gasteiger partial charge in [0.2, 0.25) is 0 Å². The van der Waals surface area contributed by atoms with E-state index in [0.717, 1.165) is 19.3 Å². The van der Waals surface area contributed by atoms with E-state index in [0.29, 0.717) is 11.7 Å². The average Bonchev–Trinajstić information content (AvgIpc) is 2.72. The number of benzene rings is 1. The second-order valence-electron chi connectivity index (χ2n) is 4.16. The van der Waals surface area contributed by atoms with Crippen LogP contribution in [0.25, 0.3) is 5.57 Å². The van der Waals surface area contributed by atoms with Gasteiger partial charge in [0.1, 0.15) is 0 Å². The van der Waals surface area contributed by atoms with Gasteiger partial charge in [-0.1, -0.05) is 38.1 Å². The van der Waals surface area contributed by atoms with E-state index in [1.807, 2.05) is 19.9 Å². The average molecular weight is 214 g/mol. The van der Waals surface area contributed by atoms with E-state index in [2.05, 4.69) is 24.3 Å². The predicted molar refractivity (Wildman–Crippen MR) is 67.2 cm³/mol. The van der Waals surface area contributed by atoms with Crippen molar-refractivity contribution in [2.24, 2.45) is 5.92 Å². The van der Waals surface area contributed by atoms with E-state index < -0.39 is 0 Å². The first kappa shape index (κ1) is 11.1. The van der Waals surface area contributed by atoms with Gasteiger partial charge in [-0.3, -0.25) is 4.79 Å². The van der Waals surface area contributed by atoms with Gasteiger partial charge in [0.05, 0.1) is 0 Å². The molecule has 1 nitrogen and oxygen atoms in total. The van der Waals surface area contributed by atoms with Crippen LogP contribution in [0, 0.1) is 5.92 Å². The number of ketones is 1.